The van der Waals surface area contributed by atoms with Crippen LogP contribution in [0.4, 0.5) is 18.9 Å². The number of amides is 3. The Morgan fingerprint density at radius 1 is 1.32 bits per heavy atom. The third-order valence-corrected chi connectivity index (χ3v) is 3.09. The van der Waals surface area contributed by atoms with Gasteiger partial charge in [0.05, 0.1) is 24.4 Å². The molecule has 1 aliphatic rings. The fourth-order valence-corrected chi connectivity index (χ4v) is 2.09. The molecule has 0 aliphatic carbocycles. The predicted molar refractivity (Wildman–Crippen MR) is 77.2 cm³/mol. The highest BCUT2D eigenvalue weighted by molar-refractivity contribution is 6.17. The number of nitrogens with two attached hydrogens (primary N) is 1. The summed E-state index contributed by atoms with van der Waals surface area (Å²) in [5.41, 5.74) is 4.40. The number of primary amides is 1. The lowest BCUT2D eigenvalue weighted by molar-refractivity contribution is -0.274. The van der Waals surface area contributed by atoms with Gasteiger partial charge in [0.25, 0.3) is 17.7 Å². The van der Waals surface area contributed by atoms with E-state index in [2.05, 4.69) is 10.1 Å². The van der Waals surface area contributed by atoms with Gasteiger partial charge in [-0.1, -0.05) is 0 Å². The van der Waals surface area contributed by atoms with E-state index in [-0.39, 0.29) is 23.5 Å². The first-order valence-corrected chi connectivity index (χ1v) is 6.77. The first-order valence-electron chi connectivity index (χ1n) is 6.77. The standard InChI is InChI=1S/C14H12F3N3O5/c15-14(16,17)25-7-1-2-8(12(18)23)9(5-7)19-10-6-11(22)20(3-4-21)13(10)24/h1-2,5-6,19,21H,3-4H2,(H2,18,23). The number of ether oxygens (including phenoxy) is 1. The van der Waals surface area contributed by atoms with Crippen molar-refractivity contribution in [3.05, 3.63) is 35.5 Å². The van der Waals surface area contributed by atoms with E-state index in [1.54, 1.807) is 0 Å². The van der Waals surface area contributed by atoms with Gasteiger partial charge in [0.15, 0.2) is 0 Å². The average molecular weight is 359 g/mol. The second-order valence-electron chi connectivity index (χ2n) is 4.82. The Kier molecular flexibility index (Phi) is 4.97. The highest BCUT2D eigenvalue weighted by Crippen LogP contribution is 2.29. The van der Waals surface area contributed by atoms with Crippen molar-refractivity contribution in [3.8, 4) is 5.75 Å². The van der Waals surface area contributed by atoms with Crippen LogP contribution in [-0.4, -0.2) is 47.2 Å². The van der Waals surface area contributed by atoms with Crippen molar-refractivity contribution in [1.29, 1.82) is 0 Å². The Morgan fingerprint density at radius 3 is 2.56 bits per heavy atom. The quantitative estimate of drug-likeness (QED) is 0.630. The Hall–Kier alpha value is -3.08. The second-order valence-corrected chi connectivity index (χ2v) is 4.82. The van der Waals surface area contributed by atoms with Gasteiger partial charge in [-0.15, -0.1) is 13.2 Å². The lowest BCUT2D eigenvalue weighted by Crippen LogP contribution is -2.34. The molecule has 1 heterocycles. The molecule has 1 aromatic carbocycles. The highest BCUT2D eigenvalue weighted by Gasteiger charge is 2.33. The summed E-state index contributed by atoms with van der Waals surface area (Å²) in [7, 11) is 0. The Labute approximate surface area is 138 Å². The molecule has 134 valence electrons. The molecule has 0 saturated heterocycles. The number of aliphatic hydroxyl groups is 1. The van der Waals surface area contributed by atoms with Gasteiger partial charge in [-0.25, -0.2) is 0 Å². The van der Waals surface area contributed by atoms with Crippen LogP contribution in [0.5, 0.6) is 5.75 Å². The van der Waals surface area contributed by atoms with Crippen LogP contribution in [0.25, 0.3) is 0 Å². The van der Waals surface area contributed by atoms with Gasteiger partial charge in [-0.3, -0.25) is 19.3 Å². The van der Waals surface area contributed by atoms with Gasteiger partial charge in [0.2, 0.25) is 0 Å². The molecule has 0 atom stereocenters. The topological polar surface area (TPSA) is 122 Å². The SMILES string of the molecule is NC(=O)c1ccc(OC(F)(F)F)cc1NC1=CC(=O)N(CCO)C1=O. The Bertz CT molecular complexity index is 761. The number of hydrogen-bond donors (Lipinski definition) is 3. The number of rotatable bonds is 6. The molecule has 1 aromatic rings. The molecule has 2 rings (SSSR count). The summed E-state index contributed by atoms with van der Waals surface area (Å²) in [6.07, 6.45) is -4.07. The van der Waals surface area contributed by atoms with Gasteiger partial charge in [0, 0.05) is 12.1 Å². The minimum atomic E-state index is -4.96. The fourth-order valence-electron chi connectivity index (χ4n) is 2.09. The lowest BCUT2D eigenvalue weighted by Gasteiger charge is -2.15. The third kappa shape index (κ3) is 4.26. The van der Waals surface area contributed by atoms with Crippen LogP contribution in [-0.2, 0) is 9.59 Å². The number of benzene rings is 1. The molecule has 4 N–H and O–H groups in total. The first kappa shape index (κ1) is 18.3. The summed E-state index contributed by atoms with van der Waals surface area (Å²) in [6, 6.07) is 2.69. The molecule has 0 unspecified atom stereocenters. The number of carbonyl (C=O) groups excluding carboxylic acids is 3. The second kappa shape index (κ2) is 6.81. The van der Waals surface area contributed by atoms with Crippen molar-refractivity contribution in [3.63, 3.8) is 0 Å². The highest BCUT2D eigenvalue weighted by atomic mass is 19.4. The molecular weight excluding hydrogens is 347 g/mol. The van der Waals surface area contributed by atoms with Crippen LogP contribution < -0.4 is 15.8 Å². The molecule has 3 amide bonds. The number of carbonyl (C=O) groups is 3. The van der Waals surface area contributed by atoms with E-state index in [4.69, 9.17) is 10.8 Å². The average Bonchev–Trinajstić information content (AvgIpc) is 2.73. The summed E-state index contributed by atoms with van der Waals surface area (Å²) in [5, 5.41) is 11.2. The summed E-state index contributed by atoms with van der Waals surface area (Å²) in [6.45, 7) is -0.709. The maximum Gasteiger partial charge on any atom is 0.573 e. The summed E-state index contributed by atoms with van der Waals surface area (Å²) >= 11 is 0. The van der Waals surface area contributed by atoms with E-state index in [9.17, 15) is 27.6 Å². The molecule has 0 bridgehead atoms. The van der Waals surface area contributed by atoms with Crippen molar-refractivity contribution < 1.29 is 37.4 Å². The van der Waals surface area contributed by atoms with Crippen LogP contribution in [0.3, 0.4) is 0 Å². The van der Waals surface area contributed by atoms with E-state index >= 15 is 0 Å². The van der Waals surface area contributed by atoms with E-state index in [0.717, 1.165) is 29.2 Å². The lowest BCUT2D eigenvalue weighted by atomic mass is 10.1. The molecule has 0 radical (unpaired) electrons. The van der Waals surface area contributed by atoms with Crippen molar-refractivity contribution in [2.45, 2.75) is 6.36 Å². The third-order valence-electron chi connectivity index (χ3n) is 3.09. The minimum absolute atomic E-state index is 0.212. The maximum atomic E-state index is 12.3. The number of aliphatic hydroxyl groups excluding tert-OH is 1. The molecule has 8 nitrogen and oxygen atoms in total. The summed E-state index contributed by atoms with van der Waals surface area (Å²) < 4.78 is 40.7. The molecule has 0 saturated carbocycles. The number of nitrogens with one attached hydrogen (secondary N) is 1. The van der Waals surface area contributed by atoms with Gasteiger partial charge >= 0.3 is 6.36 Å². The van der Waals surface area contributed by atoms with Gasteiger partial charge < -0.3 is 20.9 Å². The first-order chi connectivity index (χ1) is 11.6. The van der Waals surface area contributed by atoms with Crippen LogP contribution >= 0.6 is 0 Å². The number of halogens is 3. The minimum Gasteiger partial charge on any atom is -0.406 e. The molecule has 0 aromatic heterocycles. The van der Waals surface area contributed by atoms with Crippen LogP contribution in [0.2, 0.25) is 0 Å². The zero-order valence-corrected chi connectivity index (χ0v) is 12.5. The number of imide groups is 1. The number of β-amino-alcohol motifs (C(OH)–C–C–N with tert-alkyl or cyclic N) is 1. The monoisotopic (exact) mass is 359 g/mol. The van der Waals surface area contributed by atoms with Crippen LogP contribution in [0, 0.1) is 0 Å². The van der Waals surface area contributed by atoms with E-state index < -0.39 is 36.4 Å². The number of nitrogens with zero attached hydrogens (tertiary/aromatic N) is 1. The summed E-state index contributed by atoms with van der Waals surface area (Å²) in [5.74, 6) is -3.14. The maximum absolute atomic E-state index is 12.3. The van der Waals surface area contributed by atoms with E-state index in [1.807, 2.05) is 0 Å². The van der Waals surface area contributed by atoms with Crippen molar-refractivity contribution in [1.82, 2.24) is 4.90 Å². The molecule has 25 heavy (non-hydrogen) atoms. The molecule has 11 heteroatoms. The van der Waals surface area contributed by atoms with Crippen LogP contribution in [0.1, 0.15) is 10.4 Å². The molecule has 0 fully saturated rings. The zero-order chi connectivity index (χ0) is 18.8. The van der Waals surface area contributed by atoms with E-state index in [0.29, 0.717) is 0 Å². The fraction of sp³-hybridized carbons (Fsp3) is 0.214. The molecular formula is C14H12F3N3O5. The van der Waals surface area contributed by atoms with Crippen molar-refractivity contribution in [2.75, 3.05) is 18.5 Å². The molecule has 1 aliphatic heterocycles. The largest absolute Gasteiger partial charge is 0.573 e. The van der Waals surface area contributed by atoms with Crippen molar-refractivity contribution in [2.24, 2.45) is 5.73 Å². The zero-order valence-electron chi connectivity index (χ0n) is 12.5. The normalized spacial score (nSPS) is 14.6. The van der Waals surface area contributed by atoms with Gasteiger partial charge in [-0.2, -0.15) is 0 Å². The Morgan fingerprint density at radius 2 is 2.00 bits per heavy atom. The van der Waals surface area contributed by atoms with Gasteiger partial charge in [-0.05, 0) is 12.1 Å². The van der Waals surface area contributed by atoms with Crippen molar-refractivity contribution >= 4 is 23.4 Å². The van der Waals surface area contributed by atoms with Gasteiger partial charge in [0.1, 0.15) is 11.4 Å². The number of anilines is 1. The smallest absolute Gasteiger partial charge is 0.406 e. The van der Waals surface area contributed by atoms with Crippen LogP contribution in [0.15, 0.2) is 30.0 Å². The summed E-state index contributed by atoms with van der Waals surface area (Å²) in [4.78, 5) is 35.8. The van der Waals surface area contributed by atoms with E-state index in [1.165, 1.54) is 0 Å². The molecule has 0 spiro atoms. The number of hydrogen-bond acceptors (Lipinski definition) is 6. The Balaban J connectivity index is 2.33. The number of alkyl halides is 3. The predicted octanol–water partition coefficient (Wildman–Crippen LogP) is 0.341.